The third-order valence-electron chi connectivity index (χ3n) is 4.72. The smallest absolute Gasteiger partial charge is 0.376 e. The fraction of sp³-hybridized carbons (Fsp3) is 0.500. The predicted molar refractivity (Wildman–Crippen MR) is 85.8 cm³/mol. The monoisotopic (exact) mass is 372 g/mol. The zero-order valence-electron chi connectivity index (χ0n) is 13.1. The Morgan fingerprint density at radius 1 is 1.40 bits per heavy atom. The number of nitrogens with zero attached hydrogens (tertiary/aromatic N) is 2. The number of fused-ring (bicyclic) bond motifs is 2. The lowest BCUT2D eigenvalue weighted by atomic mass is 9.95. The van der Waals surface area contributed by atoms with Crippen molar-refractivity contribution in [3.05, 3.63) is 28.8 Å². The maximum atomic E-state index is 12.8. The van der Waals surface area contributed by atoms with E-state index in [1.165, 1.54) is 6.07 Å². The molecule has 0 radical (unpaired) electrons. The highest BCUT2D eigenvalue weighted by Gasteiger charge is 2.46. The van der Waals surface area contributed by atoms with Gasteiger partial charge in [0.05, 0.1) is 29.2 Å². The lowest BCUT2D eigenvalue weighted by molar-refractivity contribution is -0.137. The van der Waals surface area contributed by atoms with Crippen LogP contribution in [0.5, 0.6) is 0 Å². The SMILES string of the molecule is N#CN1C2CCC1C(NC(=O)CNc1ccc(Cl)c(C(F)(F)F)c1)C2. The van der Waals surface area contributed by atoms with Crippen molar-refractivity contribution in [1.82, 2.24) is 10.2 Å². The van der Waals surface area contributed by atoms with Gasteiger partial charge >= 0.3 is 6.18 Å². The Bertz CT molecular complexity index is 718. The molecule has 0 saturated carbocycles. The highest BCUT2D eigenvalue weighted by molar-refractivity contribution is 6.31. The molecule has 2 fully saturated rings. The van der Waals surface area contributed by atoms with Gasteiger partial charge in [0, 0.05) is 11.7 Å². The first-order valence-corrected chi connectivity index (χ1v) is 8.25. The number of anilines is 1. The van der Waals surface area contributed by atoms with Gasteiger partial charge in [-0.05, 0) is 37.5 Å². The summed E-state index contributed by atoms with van der Waals surface area (Å²) in [6.45, 7) is -0.153. The van der Waals surface area contributed by atoms with Crippen LogP contribution in [-0.2, 0) is 11.0 Å². The number of alkyl halides is 3. The third kappa shape index (κ3) is 3.61. The van der Waals surface area contributed by atoms with Crippen molar-refractivity contribution in [2.24, 2.45) is 0 Å². The molecule has 3 unspecified atom stereocenters. The van der Waals surface area contributed by atoms with Gasteiger partial charge in [0.2, 0.25) is 5.91 Å². The Labute approximate surface area is 147 Å². The second kappa shape index (κ2) is 6.64. The molecule has 2 N–H and O–H groups in total. The number of carbonyl (C=O) groups excluding carboxylic acids is 1. The summed E-state index contributed by atoms with van der Waals surface area (Å²) in [5, 5.41) is 14.3. The number of nitrogens with one attached hydrogen (secondary N) is 2. The Hall–Kier alpha value is -2.14. The second-order valence-electron chi connectivity index (χ2n) is 6.26. The van der Waals surface area contributed by atoms with E-state index in [4.69, 9.17) is 16.9 Å². The zero-order chi connectivity index (χ0) is 18.2. The van der Waals surface area contributed by atoms with Crippen LogP contribution >= 0.6 is 11.6 Å². The molecular weight excluding hydrogens is 357 g/mol. The van der Waals surface area contributed by atoms with Crippen molar-refractivity contribution < 1.29 is 18.0 Å². The Morgan fingerprint density at radius 2 is 2.16 bits per heavy atom. The van der Waals surface area contributed by atoms with Gasteiger partial charge in [-0.2, -0.15) is 18.4 Å². The van der Waals surface area contributed by atoms with E-state index in [0.29, 0.717) is 0 Å². The molecule has 134 valence electrons. The lowest BCUT2D eigenvalue weighted by Crippen LogP contribution is -2.45. The van der Waals surface area contributed by atoms with E-state index in [0.717, 1.165) is 31.4 Å². The van der Waals surface area contributed by atoms with Crippen molar-refractivity contribution in [2.45, 2.75) is 43.6 Å². The average molecular weight is 373 g/mol. The molecular formula is C16H16ClF3N4O. The molecule has 2 aliphatic heterocycles. The van der Waals surface area contributed by atoms with Crippen LogP contribution in [0.2, 0.25) is 5.02 Å². The molecule has 0 aliphatic carbocycles. The summed E-state index contributed by atoms with van der Waals surface area (Å²) in [7, 11) is 0. The molecule has 25 heavy (non-hydrogen) atoms. The zero-order valence-corrected chi connectivity index (χ0v) is 13.9. The van der Waals surface area contributed by atoms with Crippen LogP contribution in [0, 0.1) is 11.5 Å². The third-order valence-corrected chi connectivity index (χ3v) is 5.05. The topological polar surface area (TPSA) is 68.2 Å². The van der Waals surface area contributed by atoms with E-state index in [9.17, 15) is 18.0 Å². The first kappa shape index (κ1) is 17.7. The molecule has 3 atom stereocenters. The summed E-state index contributed by atoms with van der Waals surface area (Å²) < 4.78 is 38.5. The number of nitriles is 1. The molecule has 0 spiro atoms. The molecule has 9 heteroatoms. The number of carbonyl (C=O) groups is 1. The van der Waals surface area contributed by atoms with E-state index < -0.39 is 11.7 Å². The molecule has 1 amide bonds. The Kier molecular flexibility index (Phi) is 4.69. The Morgan fingerprint density at radius 3 is 2.80 bits per heavy atom. The van der Waals surface area contributed by atoms with Crippen molar-refractivity contribution in [3.8, 4) is 6.19 Å². The van der Waals surface area contributed by atoms with Gasteiger partial charge in [-0.25, -0.2) is 0 Å². The van der Waals surface area contributed by atoms with E-state index >= 15 is 0 Å². The molecule has 1 aromatic rings. The molecule has 3 rings (SSSR count). The van der Waals surface area contributed by atoms with Crippen LogP contribution in [-0.4, -0.2) is 35.5 Å². The van der Waals surface area contributed by atoms with Gasteiger partial charge in [0.1, 0.15) is 0 Å². The van der Waals surface area contributed by atoms with Gasteiger partial charge < -0.3 is 15.5 Å². The lowest BCUT2D eigenvalue weighted by Gasteiger charge is -2.22. The number of rotatable bonds is 4. The summed E-state index contributed by atoms with van der Waals surface area (Å²) in [4.78, 5) is 13.8. The first-order valence-electron chi connectivity index (χ1n) is 7.87. The summed E-state index contributed by atoms with van der Waals surface area (Å²) >= 11 is 5.56. The van der Waals surface area contributed by atoms with Crippen LogP contribution in [0.4, 0.5) is 18.9 Å². The van der Waals surface area contributed by atoms with Gasteiger partial charge in [0.15, 0.2) is 6.19 Å². The van der Waals surface area contributed by atoms with Gasteiger partial charge in [-0.15, -0.1) is 0 Å². The van der Waals surface area contributed by atoms with Crippen LogP contribution in [0.1, 0.15) is 24.8 Å². The minimum atomic E-state index is -4.55. The standard InChI is InChI=1S/C16H16ClF3N4O/c17-12-3-1-9(5-11(12)16(18,19)20)22-7-15(25)23-13-6-10-2-4-14(13)24(10)8-21/h1,3,5,10,13-14,22H,2,4,6-7H2,(H,23,25). The predicted octanol–water partition coefficient (Wildman–Crippen LogP) is 2.97. The Balaban J connectivity index is 1.56. The maximum Gasteiger partial charge on any atom is 0.417 e. The number of amides is 1. The van der Waals surface area contributed by atoms with Crippen molar-refractivity contribution in [3.63, 3.8) is 0 Å². The van der Waals surface area contributed by atoms with E-state index in [1.54, 1.807) is 4.90 Å². The van der Waals surface area contributed by atoms with Crippen molar-refractivity contribution >= 4 is 23.2 Å². The van der Waals surface area contributed by atoms with Crippen molar-refractivity contribution in [1.29, 1.82) is 5.26 Å². The molecule has 2 bridgehead atoms. The van der Waals surface area contributed by atoms with E-state index in [2.05, 4.69) is 16.8 Å². The van der Waals surface area contributed by atoms with E-state index in [1.807, 2.05) is 0 Å². The minimum Gasteiger partial charge on any atom is -0.376 e. The van der Waals surface area contributed by atoms with Crippen LogP contribution in [0.25, 0.3) is 0 Å². The van der Waals surface area contributed by atoms with Crippen LogP contribution in [0.15, 0.2) is 18.2 Å². The van der Waals surface area contributed by atoms with Crippen LogP contribution < -0.4 is 10.6 Å². The maximum absolute atomic E-state index is 12.8. The van der Waals surface area contributed by atoms with Gasteiger partial charge in [0.25, 0.3) is 0 Å². The number of benzene rings is 1. The minimum absolute atomic E-state index is 0.0197. The van der Waals surface area contributed by atoms with Gasteiger partial charge in [-0.1, -0.05) is 11.6 Å². The van der Waals surface area contributed by atoms with Gasteiger partial charge in [-0.3, -0.25) is 4.79 Å². The number of hydrogen-bond donors (Lipinski definition) is 2. The van der Waals surface area contributed by atoms with E-state index in [-0.39, 0.29) is 41.3 Å². The summed E-state index contributed by atoms with van der Waals surface area (Å²) in [6.07, 6.45) is 0.147. The summed E-state index contributed by atoms with van der Waals surface area (Å²) in [5.41, 5.74) is -0.782. The fourth-order valence-electron chi connectivity index (χ4n) is 3.59. The summed E-state index contributed by atoms with van der Waals surface area (Å²) in [6, 6.07) is 3.52. The molecule has 2 saturated heterocycles. The second-order valence-corrected chi connectivity index (χ2v) is 6.67. The molecule has 2 heterocycles. The normalized spacial score (nSPS) is 24.9. The molecule has 0 aromatic heterocycles. The summed E-state index contributed by atoms with van der Waals surface area (Å²) in [5.74, 6) is -0.320. The molecule has 2 aliphatic rings. The first-order chi connectivity index (χ1) is 11.8. The molecule has 1 aromatic carbocycles. The fourth-order valence-corrected chi connectivity index (χ4v) is 3.82. The average Bonchev–Trinajstić information content (AvgIpc) is 3.09. The highest BCUT2D eigenvalue weighted by Crippen LogP contribution is 2.37. The van der Waals surface area contributed by atoms with Crippen LogP contribution in [0.3, 0.4) is 0 Å². The number of halogens is 4. The molecule has 5 nitrogen and oxygen atoms in total. The highest BCUT2D eigenvalue weighted by atomic mass is 35.5. The number of hydrogen-bond acceptors (Lipinski definition) is 4. The largest absolute Gasteiger partial charge is 0.417 e. The van der Waals surface area contributed by atoms with Crippen molar-refractivity contribution in [2.75, 3.05) is 11.9 Å². The quantitative estimate of drug-likeness (QED) is 0.797.